The van der Waals surface area contributed by atoms with Crippen LogP contribution in [-0.2, 0) is 14.8 Å². The molecular weight excluding hydrogens is 690 g/mol. The Balaban J connectivity index is 1.38. The average molecular weight is 718 g/mol. The van der Waals surface area contributed by atoms with Crippen molar-refractivity contribution in [3.63, 3.8) is 0 Å². The van der Waals surface area contributed by atoms with Gasteiger partial charge in [-0.15, -0.1) is 0 Å². The topological polar surface area (TPSA) is 70.1 Å². The van der Waals surface area contributed by atoms with Gasteiger partial charge < -0.3 is 0 Å². The smallest absolute Gasteiger partial charge is 0.261 e. The first-order valence-corrected chi connectivity index (χ1v) is 17.0. The van der Waals surface area contributed by atoms with Crippen molar-refractivity contribution in [1.29, 1.82) is 0 Å². The number of benzene rings is 3. The van der Waals surface area contributed by atoms with E-state index in [0.29, 0.717) is 17.9 Å². The molecule has 212 valence electrons. The van der Waals surface area contributed by atoms with Gasteiger partial charge in [-0.2, -0.15) is 9.41 Å². The van der Waals surface area contributed by atoms with Crippen LogP contribution in [-0.4, -0.2) is 41.9 Å². The molecule has 1 saturated carbocycles. The van der Waals surface area contributed by atoms with Gasteiger partial charge in [-0.1, -0.05) is 67.7 Å². The van der Waals surface area contributed by atoms with Crippen molar-refractivity contribution in [2.75, 3.05) is 6.54 Å². The second-order valence-corrected chi connectivity index (χ2v) is 14.8. The number of nitrogens with zero attached hydrogens (tertiary/aromatic N) is 3. The van der Waals surface area contributed by atoms with E-state index in [1.165, 1.54) is 16.4 Å². The number of allylic oxidation sites excluding steroid dienone is 1. The molecule has 2 heterocycles. The van der Waals surface area contributed by atoms with Crippen LogP contribution in [0.3, 0.4) is 0 Å². The molecule has 0 bridgehead atoms. The third-order valence-corrected chi connectivity index (χ3v) is 11.3. The van der Waals surface area contributed by atoms with E-state index in [0.717, 1.165) is 50.6 Å². The zero-order chi connectivity index (χ0) is 28.7. The van der Waals surface area contributed by atoms with Crippen molar-refractivity contribution in [1.82, 2.24) is 9.31 Å². The molecule has 3 aliphatic rings. The minimum atomic E-state index is -3.89. The normalized spacial score (nSPS) is 24.0. The fraction of sp³-hybridized carbons (Fsp3) is 0.290. The molecule has 0 N–H and O–H groups in total. The van der Waals surface area contributed by atoms with Gasteiger partial charge in [0.05, 0.1) is 16.6 Å². The Morgan fingerprint density at radius 2 is 1.56 bits per heavy atom. The molecule has 1 saturated heterocycles. The molecule has 1 amide bonds. The van der Waals surface area contributed by atoms with Gasteiger partial charge in [0.15, 0.2) is 0 Å². The molecule has 3 aromatic rings. The summed E-state index contributed by atoms with van der Waals surface area (Å²) in [6.45, 7) is 0.285. The van der Waals surface area contributed by atoms with E-state index in [-0.39, 0.29) is 29.3 Å². The van der Waals surface area contributed by atoms with Crippen LogP contribution in [0.1, 0.15) is 49.3 Å². The summed E-state index contributed by atoms with van der Waals surface area (Å²) in [4.78, 5) is 14.5. The molecule has 0 spiro atoms. The lowest BCUT2D eigenvalue weighted by molar-refractivity contribution is -0.137. The van der Waals surface area contributed by atoms with Crippen LogP contribution in [0, 0.1) is 5.92 Å². The number of fused-ring (bicyclic) bond motifs is 1. The van der Waals surface area contributed by atoms with Gasteiger partial charge in [0.2, 0.25) is 10.0 Å². The van der Waals surface area contributed by atoms with Crippen LogP contribution in [0.5, 0.6) is 0 Å². The Labute approximate surface area is 262 Å². The van der Waals surface area contributed by atoms with Crippen LogP contribution in [0.2, 0.25) is 5.02 Å². The van der Waals surface area contributed by atoms with Gasteiger partial charge in [-0.25, -0.2) is 13.4 Å². The molecule has 0 aromatic heterocycles. The predicted molar refractivity (Wildman–Crippen MR) is 169 cm³/mol. The summed E-state index contributed by atoms with van der Waals surface area (Å²) in [5.74, 6) is -0.254. The molecule has 1 aliphatic carbocycles. The molecule has 3 unspecified atom stereocenters. The van der Waals surface area contributed by atoms with Crippen molar-refractivity contribution < 1.29 is 13.2 Å². The molecule has 0 radical (unpaired) electrons. The number of rotatable bonds is 5. The lowest BCUT2D eigenvalue weighted by Gasteiger charge is -2.32. The van der Waals surface area contributed by atoms with E-state index in [9.17, 15) is 13.2 Å². The molecule has 3 aromatic carbocycles. The van der Waals surface area contributed by atoms with E-state index in [4.69, 9.17) is 16.7 Å². The number of hydrazone groups is 1. The maximum atomic E-state index is 14.3. The number of amides is 1. The van der Waals surface area contributed by atoms with Crippen LogP contribution in [0.4, 0.5) is 0 Å². The fourth-order valence-corrected chi connectivity index (χ4v) is 8.41. The number of sulfonamides is 1. The van der Waals surface area contributed by atoms with Crippen molar-refractivity contribution >= 4 is 71.2 Å². The second kappa shape index (κ2) is 11.8. The lowest BCUT2D eigenvalue weighted by Crippen LogP contribution is -2.46. The highest BCUT2D eigenvalue weighted by Crippen LogP contribution is 2.45. The van der Waals surface area contributed by atoms with E-state index in [1.54, 1.807) is 17.1 Å². The molecule has 6 rings (SSSR count). The maximum absolute atomic E-state index is 14.3. The summed E-state index contributed by atoms with van der Waals surface area (Å²) in [7, 11) is -3.89. The Hall–Kier alpha value is -2.30. The van der Waals surface area contributed by atoms with Gasteiger partial charge in [-0.3, -0.25) is 4.79 Å². The second-order valence-electron chi connectivity index (χ2n) is 10.6. The first-order chi connectivity index (χ1) is 19.7. The highest BCUT2D eigenvalue weighted by atomic mass is 79.9. The number of hydrogen-bond acceptors (Lipinski definition) is 4. The highest BCUT2D eigenvalue weighted by Gasteiger charge is 2.48. The van der Waals surface area contributed by atoms with Crippen LogP contribution < -0.4 is 0 Å². The largest absolute Gasteiger partial charge is 0.271 e. The Morgan fingerprint density at radius 3 is 2.24 bits per heavy atom. The van der Waals surface area contributed by atoms with Gasteiger partial charge >= 0.3 is 0 Å². The summed E-state index contributed by atoms with van der Waals surface area (Å²) < 4.78 is 30.6. The third kappa shape index (κ3) is 5.71. The summed E-state index contributed by atoms with van der Waals surface area (Å²) in [5.41, 5.74) is 4.11. The van der Waals surface area contributed by atoms with Gasteiger partial charge in [0.25, 0.3) is 5.91 Å². The van der Waals surface area contributed by atoms with Gasteiger partial charge in [0.1, 0.15) is 6.04 Å². The molecular formula is C31H28Br2ClN3O3S. The minimum absolute atomic E-state index is 0.0262. The zero-order valence-electron chi connectivity index (χ0n) is 22.1. The first-order valence-electron chi connectivity index (χ1n) is 13.6. The van der Waals surface area contributed by atoms with Crippen LogP contribution >= 0.6 is 43.5 Å². The zero-order valence-corrected chi connectivity index (χ0v) is 26.8. The number of carbonyl (C=O) groups is 1. The third-order valence-electron chi connectivity index (χ3n) is 8.06. The highest BCUT2D eigenvalue weighted by molar-refractivity contribution is 9.10. The van der Waals surface area contributed by atoms with Gasteiger partial charge in [0, 0.05) is 26.4 Å². The van der Waals surface area contributed by atoms with Crippen LogP contribution in [0.25, 0.3) is 6.08 Å². The fourth-order valence-electron chi connectivity index (χ4n) is 6.11. The Kier molecular flexibility index (Phi) is 8.26. The number of halogens is 3. The molecule has 2 aliphatic heterocycles. The molecule has 3 atom stereocenters. The standard InChI is InChI=1S/C31H28Br2ClN3O3S/c32-23-10-6-20(7-11-23)19-22-3-1-4-27-29(22)35-37(30(27)21-8-12-24(33)13-9-21)31(38)28-5-2-18-36(28)41(39,40)26-16-14-25(34)15-17-26/h6-17,19,27-28,30H,1-5,18H2/b22-19+. The molecule has 41 heavy (non-hydrogen) atoms. The maximum Gasteiger partial charge on any atom is 0.261 e. The van der Waals surface area contributed by atoms with E-state index in [2.05, 4.69) is 50.1 Å². The monoisotopic (exact) mass is 715 g/mol. The molecule has 2 fully saturated rings. The quantitative estimate of drug-likeness (QED) is 0.270. The van der Waals surface area contributed by atoms with E-state index < -0.39 is 16.1 Å². The minimum Gasteiger partial charge on any atom is -0.271 e. The first kappa shape index (κ1) is 28.8. The predicted octanol–water partition coefficient (Wildman–Crippen LogP) is 7.84. The number of hydrogen-bond donors (Lipinski definition) is 0. The SMILES string of the molecule is O=C(C1CCCN1S(=O)(=O)c1ccc(Cl)cc1)N1N=C2/C(=C/c3ccc(Br)cc3)CCCC2C1c1ccc(Br)cc1. The average Bonchev–Trinajstić information content (AvgIpc) is 3.62. The lowest BCUT2D eigenvalue weighted by atomic mass is 9.77. The van der Waals surface area contributed by atoms with Crippen molar-refractivity contribution in [2.45, 2.75) is 49.1 Å². The van der Waals surface area contributed by atoms with Crippen molar-refractivity contribution in [3.05, 3.63) is 103 Å². The summed E-state index contributed by atoms with van der Waals surface area (Å²) in [6, 6.07) is 21.1. The van der Waals surface area contributed by atoms with E-state index >= 15 is 0 Å². The van der Waals surface area contributed by atoms with Crippen LogP contribution in [0.15, 0.2) is 97.3 Å². The summed E-state index contributed by atoms with van der Waals surface area (Å²) in [5, 5.41) is 7.05. The van der Waals surface area contributed by atoms with E-state index in [1.807, 2.05) is 36.4 Å². The number of carbonyl (C=O) groups excluding carboxylic acids is 1. The van der Waals surface area contributed by atoms with Gasteiger partial charge in [-0.05, 0) is 103 Å². The Bertz CT molecular complexity index is 1620. The summed E-state index contributed by atoms with van der Waals surface area (Å²) >= 11 is 13.0. The van der Waals surface area contributed by atoms with Crippen molar-refractivity contribution in [2.24, 2.45) is 11.0 Å². The molecule has 10 heteroatoms. The molecule has 6 nitrogen and oxygen atoms in total. The van der Waals surface area contributed by atoms with Crippen molar-refractivity contribution in [3.8, 4) is 0 Å². The summed E-state index contributed by atoms with van der Waals surface area (Å²) in [6.07, 6.45) is 5.99. The Morgan fingerprint density at radius 1 is 0.902 bits per heavy atom.